The molecule has 98 valence electrons. The van der Waals surface area contributed by atoms with E-state index in [1.807, 2.05) is 0 Å². The highest BCUT2D eigenvalue weighted by atomic mass is 16.3. The minimum absolute atomic E-state index is 0.0627. The second-order valence-electron chi connectivity index (χ2n) is 4.47. The fraction of sp³-hybridized carbons (Fsp3) is 0.800. The molecule has 3 N–H and O–H groups in total. The van der Waals surface area contributed by atoms with E-state index in [2.05, 4.69) is 0 Å². The summed E-state index contributed by atoms with van der Waals surface area (Å²) in [7, 11) is 0. The lowest BCUT2D eigenvalue weighted by Gasteiger charge is -2.29. The highest BCUT2D eigenvalue weighted by molar-refractivity contribution is 6.06. The van der Waals surface area contributed by atoms with Crippen molar-refractivity contribution in [2.75, 3.05) is 26.3 Å². The van der Waals surface area contributed by atoms with Crippen molar-refractivity contribution in [3.05, 3.63) is 0 Å². The third kappa shape index (κ3) is 2.41. The summed E-state index contributed by atoms with van der Waals surface area (Å²) in [6.07, 6.45) is -1.08. The number of aliphatic hydroxyl groups excluding tert-OH is 3. The predicted molar refractivity (Wildman–Crippen MR) is 58.1 cm³/mol. The lowest BCUT2D eigenvalue weighted by molar-refractivity contribution is -0.132. The summed E-state index contributed by atoms with van der Waals surface area (Å²) >= 11 is 0. The van der Waals surface area contributed by atoms with Crippen LogP contribution in [0.3, 0.4) is 0 Å². The summed E-state index contributed by atoms with van der Waals surface area (Å²) < 4.78 is 0. The Morgan fingerprint density at radius 2 is 1.88 bits per heavy atom. The van der Waals surface area contributed by atoms with Crippen molar-refractivity contribution in [1.82, 2.24) is 9.80 Å². The van der Waals surface area contributed by atoms with Gasteiger partial charge < -0.3 is 20.2 Å². The molecular formula is C10H18N2O5. The fourth-order valence-corrected chi connectivity index (χ4v) is 1.79. The lowest BCUT2D eigenvalue weighted by Crippen LogP contribution is -2.48. The molecule has 0 saturated carbocycles. The summed E-state index contributed by atoms with van der Waals surface area (Å²) in [5.74, 6) is -0.415. The van der Waals surface area contributed by atoms with Crippen LogP contribution in [-0.2, 0) is 4.79 Å². The van der Waals surface area contributed by atoms with E-state index in [1.165, 1.54) is 4.90 Å². The van der Waals surface area contributed by atoms with Gasteiger partial charge in [-0.25, -0.2) is 4.79 Å². The number of urea groups is 1. The number of nitrogens with zero attached hydrogens (tertiary/aromatic N) is 2. The van der Waals surface area contributed by atoms with Crippen LogP contribution in [-0.4, -0.2) is 75.0 Å². The molecule has 0 bridgehead atoms. The molecule has 1 rings (SSSR count). The summed E-state index contributed by atoms with van der Waals surface area (Å²) in [4.78, 5) is 26.0. The Labute approximate surface area is 99.2 Å². The van der Waals surface area contributed by atoms with Crippen LogP contribution in [0.4, 0.5) is 4.79 Å². The Bertz CT molecular complexity index is 318. The Balaban J connectivity index is 2.90. The Morgan fingerprint density at radius 1 is 1.29 bits per heavy atom. The summed E-state index contributed by atoms with van der Waals surface area (Å²) in [5, 5.41) is 26.9. The summed E-state index contributed by atoms with van der Waals surface area (Å²) in [6, 6.07) is -0.554. The van der Waals surface area contributed by atoms with Crippen LogP contribution in [0.2, 0.25) is 0 Å². The molecule has 1 aliphatic heterocycles. The number of carbonyl (C=O) groups is 2. The number of imide groups is 1. The lowest BCUT2D eigenvalue weighted by atomic mass is 10.0. The normalized spacial score (nSPS) is 21.2. The maximum atomic E-state index is 11.9. The van der Waals surface area contributed by atoms with Crippen LogP contribution < -0.4 is 0 Å². The average molecular weight is 246 g/mol. The van der Waals surface area contributed by atoms with E-state index in [-0.39, 0.29) is 19.7 Å². The highest BCUT2D eigenvalue weighted by Gasteiger charge is 2.51. The number of hydrogen-bond donors (Lipinski definition) is 3. The Hall–Kier alpha value is -1.18. The van der Waals surface area contributed by atoms with Crippen molar-refractivity contribution >= 4 is 11.9 Å². The first kappa shape index (κ1) is 13.9. The number of hydrogen-bond acceptors (Lipinski definition) is 5. The first-order chi connectivity index (χ1) is 7.86. The predicted octanol–water partition coefficient (Wildman–Crippen LogP) is -1.63. The second kappa shape index (κ2) is 4.99. The molecule has 1 unspecified atom stereocenters. The molecule has 0 aromatic rings. The Morgan fingerprint density at radius 3 is 2.35 bits per heavy atom. The third-order valence-electron chi connectivity index (χ3n) is 2.83. The van der Waals surface area contributed by atoms with Crippen LogP contribution in [0.5, 0.6) is 0 Å². The molecule has 0 spiro atoms. The molecule has 0 radical (unpaired) electrons. The van der Waals surface area contributed by atoms with E-state index < -0.39 is 30.2 Å². The summed E-state index contributed by atoms with van der Waals surface area (Å²) in [5.41, 5.74) is -1.07. The molecular weight excluding hydrogens is 228 g/mol. The molecule has 7 heteroatoms. The number of aliphatic hydroxyl groups is 3. The monoisotopic (exact) mass is 246 g/mol. The maximum absolute atomic E-state index is 11.9. The van der Waals surface area contributed by atoms with E-state index >= 15 is 0 Å². The van der Waals surface area contributed by atoms with Gasteiger partial charge in [-0.15, -0.1) is 0 Å². The fourth-order valence-electron chi connectivity index (χ4n) is 1.79. The van der Waals surface area contributed by atoms with Crippen molar-refractivity contribution in [1.29, 1.82) is 0 Å². The molecule has 1 atom stereocenters. The zero-order valence-electron chi connectivity index (χ0n) is 9.96. The SMILES string of the molecule is CC1(C)C(=O)N(CCO)C(=O)N1CC(O)CO. The maximum Gasteiger partial charge on any atom is 0.327 e. The average Bonchev–Trinajstić information content (AvgIpc) is 2.43. The van der Waals surface area contributed by atoms with Crippen LogP contribution in [0, 0.1) is 0 Å². The van der Waals surface area contributed by atoms with Gasteiger partial charge in [0.1, 0.15) is 5.54 Å². The first-order valence-corrected chi connectivity index (χ1v) is 5.39. The molecule has 1 fully saturated rings. The minimum atomic E-state index is -1.08. The third-order valence-corrected chi connectivity index (χ3v) is 2.83. The molecule has 17 heavy (non-hydrogen) atoms. The standard InChI is InChI=1S/C10H18N2O5/c1-10(2)8(16)11(3-4-13)9(17)12(10)5-7(15)6-14/h7,13-15H,3-6H2,1-2H3. The van der Waals surface area contributed by atoms with Crippen LogP contribution >= 0.6 is 0 Å². The largest absolute Gasteiger partial charge is 0.395 e. The van der Waals surface area contributed by atoms with Gasteiger partial charge in [-0.05, 0) is 13.8 Å². The number of carbonyl (C=O) groups excluding carboxylic acids is 2. The smallest absolute Gasteiger partial charge is 0.327 e. The molecule has 3 amide bonds. The van der Waals surface area contributed by atoms with Crippen LogP contribution in [0.15, 0.2) is 0 Å². The van der Waals surface area contributed by atoms with Gasteiger partial charge in [0.05, 0.1) is 32.4 Å². The Kier molecular flexibility index (Phi) is 4.07. The molecule has 0 aromatic carbocycles. The van der Waals surface area contributed by atoms with E-state index in [9.17, 15) is 14.7 Å². The number of β-amino-alcohol motifs (C(OH)–C–C–N with tert-alkyl or cyclic N) is 2. The molecule has 0 aromatic heterocycles. The zero-order chi connectivity index (χ0) is 13.2. The van der Waals surface area contributed by atoms with E-state index in [0.29, 0.717) is 0 Å². The van der Waals surface area contributed by atoms with E-state index in [1.54, 1.807) is 13.8 Å². The topological polar surface area (TPSA) is 101 Å². The quantitative estimate of drug-likeness (QED) is 0.506. The molecule has 1 saturated heterocycles. The molecule has 1 aliphatic rings. The van der Waals surface area contributed by atoms with Crippen molar-refractivity contribution in [3.63, 3.8) is 0 Å². The van der Waals surface area contributed by atoms with Gasteiger partial charge in [0.2, 0.25) is 0 Å². The van der Waals surface area contributed by atoms with Gasteiger partial charge in [0, 0.05) is 0 Å². The summed E-state index contributed by atoms with van der Waals surface area (Å²) in [6.45, 7) is 2.17. The van der Waals surface area contributed by atoms with Crippen molar-refractivity contribution < 1.29 is 24.9 Å². The van der Waals surface area contributed by atoms with Gasteiger partial charge in [0.15, 0.2) is 0 Å². The second-order valence-corrected chi connectivity index (χ2v) is 4.47. The van der Waals surface area contributed by atoms with Gasteiger partial charge in [0.25, 0.3) is 5.91 Å². The van der Waals surface area contributed by atoms with Gasteiger partial charge >= 0.3 is 6.03 Å². The first-order valence-electron chi connectivity index (χ1n) is 5.39. The van der Waals surface area contributed by atoms with Crippen molar-refractivity contribution in [2.24, 2.45) is 0 Å². The minimum Gasteiger partial charge on any atom is -0.395 e. The number of amides is 3. The molecule has 7 nitrogen and oxygen atoms in total. The highest BCUT2D eigenvalue weighted by Crippen LogP contribution is 2.27. The van der Waals surface area contributed by atoms with Gasteiger partial charge in [-0.3, -0.25) is 9.69 Å². The zero-order valence-corrected chi connectivity index (χ0v) is 9.96. The van der Waals surface area contributed by atoms with Crippen LogP contribution in [0.1, 0.15) is 13.8 Å². The van der Waals surface area contributed by atoms with Gasteiger partial charge in [-0.2, -0.15) is 0 Å². The van der Waals surface area contributed by atoms with E-state index in [4.69, 9.17) is 10.2 Å². The molecule has 1 heterocycles. The van der Waals surface area contributed by atoms with Crippen molar-refractivity contribution in [3.8, 4) is 0 Å². The van der Waals surface area contributed by atoms with Gasteiger partial charge in [-0.1, -0.05) is 0 Å². The van der Waals surface area contributed by atoms with Crippen LogP contribution in [0.25, 0.3) is 0 Å². The van der Waals surface area contributed by atoms with E-state index in [0.717, 1.165) is 4.90 Å². The number of rotatable bonds is 5. The molecule has 0 aliphatic carbocycles. The van der Waals surface area contributed by atoms with Crippen molar-refractivity contribution in [2.45, 2.75) is 25.5 Å².